The minimum absolute atomic E-state index is 0.0814. The lowest BCUT2D eigenvalue weighted by Crippen LogP contribution is -3.10. The zero-order valence-electron chi connectivity index (χ0n) is 22.8. The van der Waals surface area contributed by atoms with E-state index in [4.69, 9.17) is 9.73 Å². The summed E-state index contributed by atoms with van der Waals surface area (Å²) in [5.41, 5.74) is 1.83. The number of carbonyl (C=O) groups excluding carboxylic acids is 2. The topological polar surface area (TPSA) is 78.7 Å². The summed E-state index contributed by atoms with van der Waals surface area (Å²) in [6, 6.07) is 7.69. The third kappa shape index (κ3) is 6.76. The Bertz CT molecular complexity index is 1010. The number of ether oxygens (including phenoxy) is 1. The molecule has 0 aromatic heterocycles. The number of carbonyl (C=O) groups is 2. The number of nitrogens with one attached hydrogen (secondary N) is 2. The van der Waals surface area contributed by atoms with Crippen molar-refractivity contribution in [3.05, 3.63) is 24.3 Å². The third-order valence-corrected chi connectivity index (χ3v) is 7.72. The first-order valence-electron chi connectivity index (χ1n) is 13.9. The van der Waals surface area contributed by atoms with E-state index in [2.05, 4.69) is 19.2 Å². The number of alkyl halides is 2. The molecule has 2 fully saturated rings. The number of amides is 2. The second-order valence-corrected chi connectivity index (χ2v) is 11.2. The van der Waals surface area contributed by atoms with Crippen molar-refractivity contribution in [3.8, 4) is 0 Å². The van der Waals surface area contributed by atoms with Crippen molar-refractivity contribution in [2.24, 2.45) is 16.8 Å². The van der Waals surface area contributed by atoms with E-state index in [1.807, 2.05) is 29.2 Å². The van der Waals surface area contributed by atoms with Crippen molar-refractivity contribution in [1.82, 2.24) is 15.1 Å². The number of quaternary nitrogens is 1. The monoisotopic (exact) mass is 534 g/mol. The van der Waals surface area contributed by atoms with Crippen LogP contribution in [0.2, 0.25) is 0 Å². The van der Waals surface area contributed by atoms with Gasteiger partial charge in [-0.1, -0.05) is 26.0 Å². The number of piperidine rings is 2. The molecular formula is C28H42F2N5O3+. The number of aliphatic imine (C=N–C) groups is 1. The molecule has 3 aliphatic rings. The highest BCUT2D eigenvalue weighted by Gasteiger charge is 2.43. The Morgan fingerprint density at radius 1 is 1.21 bits per heavy atom. The maximum atomic E-state index is 14.1. The van der Waals surface area contributed by atoms with Crippen LogP contribution in [0, 0.1) is 11.8 Å². The molecule has 0 aliphatic carbocycles. The lowest BCUT2D eigenvalue weighted by atomic mass is 9.91. The number of hydrogen-bond donors (Lipinski definition) is 2. The molecule has 1 aromatic rings. The zero-order chi connectivity index (χ0) is 27.3. The first-order valence-corrected chi connectivity index (χ1v) is 13.9. The summed E-state index contributed by atoms with van der Waals surface area (Å²) < 4.78 is 32.5. The Kier molecular flexibility index (Phi) is 9.49. The van der Waals surface area contributed by atoms with Crippen molar-refractivity contribution in [2.45, 2.75) is 57.9 Å². The quantitative estimate of drug-likeness (QED) is 0.452. The smallest absolute Gasteiger partial charge is 0.329 e. The van der Waals surface area contributed by atoms with Crippen molar-refractivity contribution in [2.75, 3.05) is 53.0 Å². The van der Waals surface area contributed by atoms with E-state index in [0.717, 1.165) is 35.7 Å². The number of unbranched alkanes of at least 4 members (excludes halogenated alkanes) is 1. The molecule has 3 aliphatic heterocycles. The van der Waals surface area contributed by atoms with Gasteiger partial charge in [0.2, 0.25) is 5.91 Å². The van der Waals surface area contributed by atoms with Crippen LogP contribution in [0.15, 0.2) is 29.3 Å². The molecule has 1 aromatic carbocycles. The maximum absolute atomic E-state index is 14.1. The standard InChI is InChI=1S/C28H41F2N5O3/c1-20(2)19-35(22-16-21(17-31-18-22)26(36)33-13-10-28(29,30)11-14-33)27(37)25-32-23-8-4-5-9-24(23)34(25)12-6-7-15-38-3/h4-5,8-9,20-22,31H,6-7,10-19H2,1-3H3/p+1. The van der Waals surface area contributed by atoms with Crippen LogP contribution in [0.4, 0.5) is 20.2 Å². The molecule has 2 saturated heterocycles. The number of likely N-dealkylation sites (tertiary alicyclic amines) is 1. The van der Waals surface area contributed by atoms with Gasteiger partial charge in [0.1, 0.15) is 5.69 Å². The summed E-state index contributed by atoms with van der Waals surface area (Å²) in [7, 11) is 1.69. The molecule has 0 saturated carbocycles. The van der Waals surface area contributed by atoms with Crippen LogP contribution in [-0.2, 0) is 14.3 Å². The van der Waals surface area contributed by atoms with Gasteiger partial charge in [0, 0.05) is 71.4 Å². The molecule has 2 N–H and O–H groups in total. The first-order chi connectivity index (χ1) is 18.2. The van der Waals surface area contributed by atoms with E-state index in [-0.39, 0.29) is 55.6 Å². The lowest BCUT2D eigenvalue weighted by molar-refractivity contribution is -0.726. The van der Waals surface area contributed by atoms with Crippen LogP contribution < -0.4 is 10.2 Å². The van der Waals surface area contributed by atoms with Crippen molar-refractivity contribution in [3.63, 3.8) is 0 Å². The molecule has 0 bridgehead atoms. The molecule has 210 valence electrons. The zero-order valence-corrected chi connectivity index (χ0v) is 22.8. The molecule has 3 unspecified atom stereocenters. The number of para-hydroxylation sites is 2. The van der Waals surface area contributed by atoms with Crippen LogP contribution in [0.25, 0.3) is 0 Å². The van der Waals surface area contributed by atoms with E-state index < -0.39 is 5.92 Å². The minimum Gasteiger partial charge on any atom is -0.385 e. The fraction of sp³-hybridized carbons (Fsp3) is 0.679. The molecule has 2 amide bonds. The number of benzene rings is 1. The molecule has 0 spiro atoms. The number of methoxy groups -OCH3 is 1. The predicted molar refractivity (Wildman–Crippen MR) is 142 cm³/mol. The van der Waals surface area contributed by atoms with E-state index in [1.165, 1.54) is 0 Å². The van der Waals surface area contributed by atoms with Gasteiger partial charge in [-0.15, -0.1) is 0 Å². The van der Waals surface area contributed by atoms with Crippen molar-refractivity contribution >= 4 is 29.0 Å². The summed E-state index contributed by atoms with van der Waals surface area (Å²) in [6.45, 7) is 7.36. The normalized spacial score (nSPS) is 24.7. The Hall–Kier alpha value is -2.43. The molecular weight excluding hydrogens is 492 g/mol. The molecule has 4 rings (SSSR count). The van der Waals surface area contributed by atoms with E-state index >= 15 is 0 Å². The summed E-state index contributed by atoms with van der Waals surface area (Å²) in [4.78, 5) is 36.6. The van der Waals surface area contributed by atoms with Crippen LogP contribution >= 0.6 is 0 Å². The predicted octanol–water partition coefficient (Wildman–Crippen LogP) is 2.39. The number of amidine groups is 1. The third-order valence-electron chi connectivity index (χ3n) is 7.72. The SMILES string of the molecule is COCCCC[NH+]1C(C(=O)N(CC(C)C)C2CNCC(C(=O)N3CCC(F)(F)CC3)C2)=Nc2ccccc21. The summed E-state index contributed by atoms with van der Waals surface area (Å²) in [6.07, 6.45) is 1.73. The maximum Gasteiger partial charge on any atom is 0.329 e. The molecule has 3 heterocycles. The van der Waals surface area contributed by atoms with Gasteiger partial charge < -0.3 is 19.9 Å². The lowest BCUT2D eigenvalue weighted by Gasteiger charge is -2.40. The molecule has 10 heteroatoms. The average Bonchev–Trinajstić information content (AvgIpc) is 3.27. The van der Waals surface area contributed by atoms with E-state index in [0.29, 0.717) is 38.5 Å². The van der Waals surface area contributed by atoms with Gasteiger partial charge >= 0.3 is 5.91 Å². The van der Waals surface area contributed by atoms with Crippen LogP contribution in [-0.4, -0.2) is 92.4 Å². The van der Waals surface area contributed by atoms with Crippen LogP contribution in [0.5, 0.6) is 0 Å². The van der Waals surface area contributed by atoms with Gasteiger partial charge in [-0.2, -0.15) is 4.99 Å². The Morgan fingerprint density at radius 3 is 2.66 bits per heavy atom. The van der Waals surface area contributed by atoms with Gasteiger partial charge in [-0.3, -0.25) is 9.59 Å². The summed E-state index contributed by atoms with van der Waals surface area (Å²) in [5, 5.41) is 3.35. The minimum atomic E-state index is -2.69. The molecule has 38 heavy (non-hydrogen) atoms. The number of fused-ring (bicyclic) bond motifs is 1. The van der Waals surface area contributed by atoms with Crippen molar-refractivity contribution in [1.29, 1.82) is 0 Å². The number of nitrogens with zero attached hydrogens (tertiary/aromatic N) is 3. The number of rotatable bonds is 10. The fourth-order valence-electron chi connectivity index (χ4n) is 5.70. The van der Waals surface area contributed by atoms with Gasteiger partial charge in [0.05, 0.1) is 12.5 Å². The fourth-order valence-corrected chi connectivity index (χ4v) is 5.70. The highest BCUT2D eigenvalue weighted by atomic mass is 19.3. The average molecular weight is 535 g/mol. The second-order valence-electron chi connectivity index (χ2n) is 11.2. The number of hydrogen-bond acceptors (Lipinski definition) is 5. The molecule has 0 radical (unpaired) electrons. The summed E-state index contributed by atoms with van der Waals surface area (Å²) in [5.74, 6) is -2.50. The molecule has 3 atom stereocenters. The van der Waals surface area contributed by atoms with Crippen LogP contribution in [0.3, 0.4) is 0 Å². The van der Waals surface area contributed by atoms with Crippen molar-refractivity contribution < 1.29 is 28.0 Å². The summed E-state index contributed by atoms with van der Waals surface area (Å²) >= 11 is 0. The molecule has 8 nitrogen and oxygen atoms in total. The Labute approximate surface area is 224 Å². The van der Waals surface area contributed by atoms with E-state index in [9.17, 15) is 18.4 Å². The Morgan fingerprint density at radius 2 is 1.95 bits per heavy atom. The van der Waals surface area contributed by atoms with Crippen LogP contribution in [0.1, 0.15) is 46.0 Å². The van der Waals surface area contributed by atoms with E-state index in [1.54, 1.807) is 12.0 Å². The van der Waals surface area contributed by atoms with Gasteiger partial charge in [-0.05, 0) is 31.2 Å². The van der Waals surface area contributed by atoms with Gasteiger partial charge in [0.25, 0.3) is 11.8 Å². The second kappa shape index (κ2) is 12.6. The Balaban J connectivity index is 1.50. The highest BCUT2D eigenvalue weighted by molar-refractivity contribution is 6.35. The first kappa shape index (κ1) is 28.6. The van der Waals surface area contributed by atoms with Gasteiger partial charge in [0.15, 0.2) is 5.69 Å². The number of halogens is 2. The largest absolute Gasteiger partial charge is 0.385 e. The van der Waals surface area contributed by atoms with Gasteiger partial charge in [-0.25, -0.2) is 13.7 Å². The highest BCUT2D eigenvalue weighted by Crippen LogP contribution is 2.30.